The molecule has 1 aliphatic carbocycles. The summed E-state index contributed by atoms with van der Waals surface area (Å²) >= 11 is 3.55. The molecular formula is C19H22BrN. The van der Waals surface area contributed by atoms with Gasteiger partial charge in [0.25, 0.3) is 0 Å². The fraction of sp³-hybridized carbons (Fsp3) is 0.368. The third-order valence-electron chi connectivity index (χ3n) is 4.56. The number of hydrogen-bond donors (Lipinski definition) is 1. The lowest BCUT2D eigenvalue weighted by Crippen LogP contribution is -2.20. The Morgan fingerprint density at radius 2 is 1.90 bits per heavy atom. The normalized spacial score (nSPS) is 15.0. The number of hydrogen-bond acceptors (Lipinski definition) is 1. The van der Waals surface area contributed by atoms with Crippen LogP contribution in [0.2, 0.25) is 0 Å². The molecule has 0 saturated carbocycles. The van der Waals surface area contributed by atoms with Crippen LogP contribution in [0.15, 0.2) is 40.9 Å². The molecule has 2 aromatic carbocycles. The summed E-state index contributed by atoms with van der Waals surface area (Å²) < 4.78 is 1.15. The van der Waals surface area contributed by atoms with Gasteiger partial charge < -0.3 is 5.32 Å². The first-order valence-electron chi connectivity index (χ1n) is 7.71. The molecule has 3 rings (SSSR count). The average molecular weight is 344 g/mol. The standard InChI is InChI=1S/C19H22BrN/c1-13-10-17(20)8-9-18(13)19(21-2)12-14-6-7-15-4-3-5-16(15)11-14/h6-11,19,21H,3-5,12H2,1-2H3. The minimum Gasteiger partial charge on any atom is -0.313 e. The van der Waals surface area contributed by atoms with Crippen LogP contribution in [0, 0.1) is 6.92 Å². The Kier molecular flexibility index (Phi) is 4.46. The molecule has 0 saturated heterocycles. The van der Waals surface area contributed by atoms with Gasteiger partial charge in [-0.3, -0.25) is 0 Å². The van der Waals surface area contributed by atoms with Crippen LogP contribution in [0.1, 0.15) is 40.3 Å². The van der Waals surface area contributed by atoms with E-state index in [2.05, 4.69) is 71.6 Å². The molecule has 110 valence electrons. The van der Waals surface area contributed by atoms with Gasteiger partial charge in [-0.25, -0.2) is 0 Å². The topological polar surface area (TPSA) is 12.0 Å². The number of aryl methyl sites for hydroxylation is 3. The summed E-state index contributed by atoms with van der Waals surface area (Å²) in [7, 11) is 2.06. The highest BCUT2D eigenvalue weighted by Crippen LogP contribution is 2.27. The average Bonchev–Trinajstić information content (AvgIpc) is 2.93. The smallest absolute Gasteiger partial charge is 0.0361 e. The zero-order valence-electron chi connectivity index (χ0n) is 12.7. The predicted molar refractivity (Wildman–Crippen MR) is 92.9 cm³/mol. The number of fused-ring (bicyclic) bond motifs is 1. The molecule has 0 aromatic heterocycles. The molecule has 2 heteroatoms. The van der Waals surface area contributed by atoms with Gasteiger partial charge in [0.05, 0.1) is 0 Å². The van der Waals surface area contributed by atoms with Crippen molar-refractivity contribution in [1.29, 1.82) is 0 Å². The lowest BCUT2D eigenvalue weighted by molar-refractivity contribution is 0.588. The van der Waals surface area contributed by atoms with Gasteiger partial charge in [0, 0.05) is 10.5 Å². The molecule has 1 unspecified atom stereocenters. The maximum Gasteiger partial charge on any atom is 0.0361 e. The van der Waals surface area contributed by atoms with Gasteiger partial charge in [-0.1, -0.05) is 40.2 Å². The van der Waals surface area contributed by atoms with Gasteiger partial charge in [-0.2, -0.15) is 0 Å². The Balaban J connectivity index is 1.84. The number of benzene rings is 2. The number of nitrogens with one attached hydrogen (secondary N) is 1. The van der Waals surface area contributed by atoms with Crippen molar-refractivity contribution in [3.63, 3.8) is 0 Å². The van der Waals surface area contributed by atoms with Gasteiger partial charge in [-0.05, 0) is 79.6 Å². The van der Waals surface area contributed by atoms with Crippen molar-refractivity contribution in [3.05, 3.63) is 68.7 Å². The van der Waals surface area contributed by atoms with Crippen LogP contribution in [-0.2, 0) is 19.3 Å². The zero-order chi connectivity index (χ0) is 14.8. The molecule has 0 fully saturated rings. The van der Waals surface area contributed by atoms with Crippen LogP contribution in [0.5, 0.6) is 0 Å². The summed E-state index contributed by atoms with van der Waals surface area (Å²) in [6.45, 7) is 2.19. The molecule has 21 heavy (non-hydrogen) atoms. The first-order chi connectivity index (χ1) is 10.2. The molecule has 2 aromatic rings. The van der Waals surface area contributed by atoms with Gasteiger partial charge >= 0.3 is 0 Å². The first-order valence-corrected chi connectivity index (χ1v) is 8.50. The third-order valence-corrected chi connectivity index (χ3v) is 5.05. The Hall–Kier alpha value is -1.12. The van der Waals surface area contributed by atoms with Gasteiger partial charge in [0.1, 0.15) is 0 Å². The number of rotatable bonds is 4. The van der Waals surface area contributed by atoms with Crippen molar-refractivity contribution in [1.82, 2.24) is 5.32 Å². The van der Waals surface area contributed by atoms with E-state index in [0.717, 1.165) is 10.9 Å². The van der Waals surface area contributed by atoms with Crippen molar-refractivity contribution < 1.29 is 0 Å². The quantitative estimate of drug-likeness (QED) is 0.844. The Morgan fingerprint density at radius 1 is 1.10 bits per heavy atom. The van der Waals surface area contributed by atoms with Crippen molar-refractivity contribution in [2.75, 3.05) is 7.05 Å². The van der Waals surface area contributed by atoms with E-state index < -0.39 is 0 Å². The van der Waals surface area contributed by atoms with Crippen molar-refractivity contribution in [2.45, 2.75) is 38.6 Å². The van der Waals surface area contributed by atoms with E-state index in [1.54, 1.807) is 11.1 Å². The predicted octanol–water partition coefficient (Wildman–Crippen LogP) is 4.75. The van der Waals surface area contributed by atoms with Crippen molar-refractivity contribution in [2.24, 2.45) is 0 Å². The van der Waals surface area contributed by atoms with Crippen LogP contribution >= 0.6 is 15.9 Å². The summed E-state index contributed by atoms with van der Waals surface area (Å²) in [4.78, 5) is 0. The molecular weight excluding hydrogens is 322 g/mol. The van der Waals surface area contributed by atoms with Crippen LogP contribution in [-0.4, -0.2) is 7.05 Å². The SMILES string of the molecule is CNC(Cc1ccc2c(c1)CCC2)c1ccc(Br)cc1C. The molecule has 0 radical (unpaired) electrons. The molecule has 1 N–H and O–H groups in total. The van der Waals surface area contributed by atoms with Crippen LogP contribution < -0.4 is 5.32 Å². The maximum absolute atomic E-state index is 3.55. The second kappa shape index (κ2) is 6.33. The highest BCUT2D eigenvalue weighted by Gasteiger charge is 2.15. The summed E-state index contributed by atoms with van der Waals surface area (Å²) in [6, 6.07) is 14.0. The molecule has 0 bridgehead atoms. The van der Waals surface area contributed by atoms with Gasteiger partial charge in [0.15, 0.2) is 0 Å². The fourth-order valence-electron chi connectivity index (χ4n) is 3.39. The molecule has 1 aliphatic rings. The summed E-state index contributed by atoms with van der Waals surface area (Å²) in [5.41, 5.74) is 7.29. The Bertz CT molecular complexity index is 648. The Morgan fingerprint density at radius 3 is 2.67 bits per heavy atom. The zero-order valence-corrected chi connectivity index (χ0v) is 14.3. The van der Waals surface area contributed by atoms with E-state index in [-0.39, 0.29) is 0 Å². The lowest BCUT2D eigenvalue weighted by Gasteiger charge is -2.20. The minimum absolute atomic E-state index is 0.373. The molecule has 0 amide bonds. The van der Waals surface area contributed by atoms with Crippen LogP contribution in [0.25, 0.3) is 0 Å². The number of halogens is 1. The largest absolute Gasteiger partial charge is 0.313 e. The minimum atomic E-state index is 0.373. The lowest BCUT2D eigenvalue weighted by atomic mass is 9.94. The second-order valence-electron chi connectivity index (χ2n) is 6.00. The summed E-state index contributed by atoms with van der Waals surface area (Å²) in [5, 5.41) is 3.48. The van der Waals surface area contributed by atoms with Crippen molar-refractivity contribution in [3.8, 4) is 0 Å². The Labute approximate surface area is 135 Å². The van der Waals surface area contributed by atoms with Gasteiger partial charge in [-0.15, -0.1) is 0 Å². The van der Waals surface area contributed by atoms with Crippen molar-refractivity contribution >= 4 is 15.9 Å². The molecule has 1 nitrogen and oxygen atoms in total. The molecule has 1 atom stereocenters. The van der Waals surface area contributed by atoms with Crippen LogP contribution in [0.4, 0.5) is 0 Å². The first kappa shape index (κ1) is 14.8. The van der Waals surface area contributed by atoms with E-state index in [4.69, 9.17) is 0 Å². The summed E-state index contributed by atoms with van der Waals surface area (Å²) in [6.07, 6.45) is 4.88. The van der Waals surface area contributed by atoms with Crippen LogP contribution in [0.3, 0.4) is 0 Å². The van der Waals surface area contributed by atoms with E-state index in [1.165, 1.54) is 36.0 Å². The highest BCUT2D eigenvalue weighted by molar-refractivity contribution is 9.10. The fourth-order valence-corrected chi connectivity index (χ4v) is 3.86. The summed E-state index contributed by atoms with van der Waals surface area (Å²) in [5.74, 6) is 0. The molecule has 0 heterocycles. The van der Waals surface area contributed by atoms with E-state index in [9.17, 15) is 0 Å². The molecule has 0 aliphatic heterocycles. The highest BCUT2D eigenvalue weighted by atomic mass is 79.9. The second-order valence-corrected chi connectivity index (χ2v) is 6.92. The van der Waals surface area contributed by atoms with E-state index >= 15 is 0 Å². The molecule has 0 spiro atoms. The monoisotopic (exact) mass is 343 g/mol. The van der Waals surface area contributed by atoms with E-state index in [0.29, 0.717) is 6.04 Å². The number of likely N-dealkylation sites (N-methyl/N-ethyl adjacent to an activating group) is 1. The third kappa shape index (κ3) is 3.22. The van der Waals surface area contributed by atoms with E-state index in [1.807, 2.05) is 0 Å². The van der Waals surface area contributed by atoms with Gasteiger partial charge in [0.2, 0.25) is 0 Å². The maximum atomic E-state index is 3.55.